The number of hydrogen-bond donors (Lipinski definition) is 1. The highest BCUT2D eigenvalue weighted by Crippen LogP contribution is 2.06. The third kappa shape index (κ3) is 4.06. The molecule has 0 bridgehead atoms. The molecule has 0 aliphatic heterocycles. The highest BCUT2D eigenvalue weighted by molar-refractivity contribution is 5.83. The Hall–Kier alpha value is -2.09. The molecule has 0 aliphatic rings. The van der Waals surface area contributed by atoms with Crippen LogP contribution in [0.15, 0.2) is 60.7 Å². The highest BCUT2D eigenvalue weighted by atomic mass is 16.1. The van der Waals surface area contributed by atoms with Crippen LogP contribution >= 0.6 is 0 Å². The molecule has 0 fully saturated rings. The van der Waals surface area contributed by atoms with Gasteiger partial charge in [0.25, 0.3) is 0 Å². The van der Waals surface area contributed by atoms with Crippen LogP contribution in [0.5, 0.6) is 0 Å². The molecule has 2 rings (SSSR count). The Morgan fingerprint density at radius 2 is 1.50 bits per heavy atom. The Morgan fingerprint density at radius 3 is 2.17 bits per heavy atom. The minimum atomic E-state index is 0.239. The first-order valence-corrected chi connectivity index (χ1v) is 6.19. The van der Waals surface area contributed by atoms with Crippen LogP contribution in [-0.2, 0) is 11.2 Å². The molecule has 0 saturated carbocycles. The summed E-state index contributed by atoms with van der Waals surface area (Å²) in [4.78, 5) is 11.7. The standard InChI is InChI=1S/C16H17NO/c18-16(12-11-14-7-3-1-4-8-14)13-17-15-9-5-2-6-10-15/h1-10,17H,11-13H2. The number of nitrogens with one attached hydrogen (secondary N) is 1. The largest absolute Gasteiger partial charge is 0.378 e. The van der Waals surface area contributed by atoms with E-state index in [1.807, 2.05) is 48.5 Å². The Labute approximate surface area is 108 Å². The normalized spacial score (nSPS) is 10.0. The van der Waals surface area contributed by atoms with E-state index in [9.17, 15) is 4.79 Å². The molecule has 0 heterocycles. The van der Waals surface area contributed by atoms with Crippen LogP contribution in [0.25, 0.3) is 0 Å². The number of Topliss-reactive ketones (excluding diaryl/α,β-unsaturated/α-hetero) is 1. The van der Waals surface area contributed by atoms with Gasteiger partial charge in [0, 0.05) is 12.1 Å². The lowest BCUT2D eigenvalue weighted by Gasteiger charge is -2.05. The topological polar surface area (TPSA) is 29.1 Å². The Kier molecular flexibility index (Phi) is 4.53. The number of anilines is 1. The SMILES string of the molecule is O=C(CCc1ccccc1)CNc1ccccc1. The van der Waals surface area contributed by atoms with E-state index in [1.165, 1.54) is 5.56 Å². The van der Waals surface area contributed by atoms with Gasteiger partial charge in [0.1, 0.15) is 0 Å². The molecule has 0 amide bonds. The van der Waals surface area contributed by atoms with Crippen molar-refractivity contribution in [3.63, 3.8) is 0 Å². The second-order valence-electron chi connectivity index (χ2n) is 4.24. The maximum Gasteiger partial charge on any atom is 0.152 e. The van der Waals surface area contributed by atoms with Crippen molar-refractivity contribution >= 4 is 11.5 Å². The monoisotopic (exact) mass is 239 g/mol. The van der Waals surface area contributed by atoms with Crippen LogP contribution < -0.4 is 5.32 Å². The summed E-state index contributed by atoms with van der Waals surface area (Å²) in [6.07, 6.45) is 1.40. The van der Waals surface area contributed by atoms with E-state index in [-0.39, 0.29) is 5.78 Å². The summed E-state index contributed by atoms with van der Waals surface area (Å²) in [6.45, 7) is 0.400. The maximum atomic E-state index is 11.7. The highest BCUT2D eigenvalue weighted by Gasteiger charge is 2.02. The van der Waals surface area contributed by atoms with Crippen molar-refractivity contribution < 1.29 is 4.79 Å². The molecule has 2 nitrogen and oxygen atoms in total. The van der Waals surface area contributed by atoms with Crippen molar-refractivity contribution in [2.45, 2.75) is 12.8 Å². The number of para-hydroxylation sites is 1. The molecule has 0 atom stereocenters. The van der Waals surface area contributed by atoms with Crippen LogP contribution in [0.4, 0.5) is 5.69 Å². The zero-order valence-electron chi connectivity index (χ0n) is 10.3. The van der Waals surface area contributed by atoms with E-state index in [4.69, 9.17) is 0 Å². The van der Waals surface area contributed by atoms with Gasteiger partial charge in [0.05, 0.1) is 6.54 Å². The molecule has 92 valence electrons. The van der Waals surface area contributed by atoms with E-state index in [0.29, 0.717) is 13.0 Å². The van der Waals surface area contributed by atoms with Crippen molar-refractivity contribution in [2.75, 3.05) is 11.9 Å². The van der Waals surface area contributed by atoms with Gasteiger partial charge < -0.3 is 5.32 Å². The lowest BCUT2D eigenvalue weighted by Crippen LogP contribution is -2.14. The number of hydrogen-bond acceptors (Lipinski definition) is 2. The van der Waals surface area contributed by atoms with Gasteiger partial charge in [0.2, 0.25) is 0 Å². The van der Waals surface area contributed by atoms with Gasteiger partial charge >= 0.3 is 0 Å². The molecule has 2 aromatic rings. The Morgan fingerprint density at radius 1 is 0.889 bits per heavy atom. The van der Waals surface area contributed by atoms with E-state index in [2.05, 4.69) is 17.4 Å². The summed E-state index contributed by atoms with van der Waals surface area (Å²) in [5, 5.41) is 3.13. The third-order valence-electron chi connectivity index (χ3n) is 2.80. The predicted molar refractivity (Wildman–Crippen MR) is 74.7 cm³/mol. The number of carbonyl (C=O) groups is 1. The summed E-state index contributed by atoms with van der Waals surface area (Å²) in [7, 11) is 0. The van der Waals surface area contributed by atoms with Crippen molar-refractivity contribution in [3.8, 4) is 0 Å². The van der Waals surface area contributed by atoms with Gasteiger partial charge in [-0.3, -0.25) is 4.79 Å². The zero-order chi connectivity index (χ0) is 12.6. The Bertz CT molecular complexity index is 433. The van der Waals surface area contributed by atoms with Gasteiger partial charge in [-0.25, -0.2) is 0 Å². The number of aryl methyl sites for hydroxylation is 1. The van der Waals surface area contributed by atoms with E-state index in [0.717, 1.165) is 12.1 Å². The summed E-state index contributed by atoms with van der Waals surface area (Å²) in [6, 6.07) is 19.9. The Balaban J connectivity index is 1.73. The predicted octanol–water partition coefficient (Wildman–Crippen LogP) is 3.30. The second kappa shape index (κ2) is 6.60. The summed E-state index contributed by atoms with van der Waals surface area (Å²) in [5.74, 6) is 0.239. The molecule has 0 aromatic heterocycles. The van der Waals surface area contributed by atoms with Gasteiger partial charge in [-0.05, 0) is 24.1 Å². The first kappa shape index (κ1) is 12.4. The maximum absolute atomic E-state index is 11.7. The molecule has 0 radical (unpaired) electrons. The first-order valence-electron chi connectivity index (χ1n) is 6.19. The zero-order valence-corrected chi connectivity index (χ0v) is 10.3. The van der Waals surface area contributed by atoms with E-state index >= 15 is 0 Å². The van der Waals surface area contributed by atoms with Crippen molar-refractivity contribution in [1.82, 2.24) is 0 Å². The quantitative estimate of drug-likeness (QED) is 0.838. The smallest absolute Gasteiger partial charge is 0.152 e. The molecule has 0 aliphatic carbocycles. The van der Waals surface area contributed by atoms with Gasteiger partial charge in [0.15, 0.2) is 5.78 Å². The molecule has 0 spiro atoms. The molecular weight excluding hydrogens is 222 g/mol. The number of carbonyl (C=O) groups excluding carboxylic acids is 1. The van der Waals surface area contributed by atoms with Gasteiger partial charge in [-0.2, -0.15) is 0 Å². The average molecular weight is 239 g/mol. The van der Waals surface area contributed by atoms with Crippen molar-refractivity contribution in [2.24, 2.45) is 0 Å². The number of rotatable bonds is 6. The molecule has 0 saturated heterocycles. The summed E-state index contributed by atoms with van der Waals surface area (Å²) < 4.78 is 0. The minimum absolute atomic E-state index is 0.239. The lowest BCUT2D eigenvalue weighted by atomic mass is 10.1. The van der Waals surface area contributed by atoms with Gasteiger partial charge in [-0.15, -0.1) is 0 Å². The fourth-order valence-electron chi connectivity index (χ4n) is 1.77. The van der Waals surface area contributed by atoms with Crippen LogP contribution in [0.3, 0.4) is 0 Å². The van der Waals surface area contributed by atoms with E-state index < -0.39 is 0 Å². The van der Waals surface area contributed by atoms with Crippen LogP contribution in [0.2, 0.25) is 0 Å². The molecule has 2 aromatic carbocycles. The van der Waals surface area contributed by atoms with Gasteiger partial charge in [-0.1, -0.05) is 48.5 Å². The third-order valence-corrected chi connectivity index (χ3v) is 2.80. The number of ketones is 1. The summed E-state index contributed by atoms with van der Waals surface area (Å²) in [5.41, 5.74) is 2.20. The molecular formula is C16H17NO. The molecule has 18 heavy (non-hydrogen) atoms. The first-order chi connectivity index (χ1) is 8.84. The van der Waals surface area contributed by atoms with Crippen molar-refractivity contribution in [1.29, 1.82) is 0 Å². The van der Waals surface area contributed by atoms with Crippen molar-refractivity contribution in [3.05, 3.63) is 66.2 Å². The van der Waals surface area contributed by atoms with Crippen LogP contribution in [0, 0.1) is 0 Å². The molecule has 0 unspecified atom stereocenters. The minimum Gasteiger partial charge on any atom is -0.378 e. The van der Waals surface area contributed by atoms with Crippen LogP contribution in [-0.4, -0.2) is 12.3 Å². The van der Waals surface area contributed by atoms with E-state index in [1.54, 1.807) is 0 Å². The molecule has 2 heteroatoms. The molecule has 1 N–H and O–H groups in total. The second-order valence-corrected chi connectivity index (χ2v) is 4.24. The number of benzene rings is 2. The summed E-state index contributed by atoms with van der Waals surface area (Å²) >= 11 is 0. The fourth-order valence-corrected chi connectivity index (χ4v) is 1.77. The average Bonchev–Trinajstić information content (AvgIpc) is 2.45. The van der Waals surface area contributed by atoms with Crippen LogP contribution in [0.1, 0.15) is 12.0 Å². The lowest BCUT2D eigenvalue weighted by molar-refractivity contribution is -0.117. The fraction of sp³-hybridized carbons (Fsp3) is 0.188.